The maximum Gasteiger partial charge on any atom is 0.220 e. The van der Waals surface area contributed by atoms with Crippen molar-refractivity contribution in [1.29, 1.82) is 0 Å². The molecule has 1 aliphatic carbocycles. The first-order valence-electron chi connectivity index (χ1n) is 7.09. The number of aryl methyl sites for hydroxylation is 1. The third-order valence-electron chi connectivity index (χ3n) is 3.64. The van der Waals surface area contributed by atoms with Crippen molar-refractivity contribution < 1.29 is 4.79 Å². The van der Waals surface area contributed by atoms with Crippen molar-refractivity contribution in [2.75, 3.05) is 6.54 Å². The topological polar surface area (TPSA) is 46.9 Å². The Kier molecular flexibility index (Phi) is 5.24. The molecule has 0 saturated heterocycles. The minimum Gasteiger partial charge on any atom is -0.356 e. The Morgan fingerprint density at radius 1 is 1.33 bits per heavy atom. The van der Waals surface area contributed by atoms with E-state index in [4.69, 9.17) is 0 Å². The Labute approximate surface area is 109 Å². The van der Waals surface area contributed by atoms with Gasteiger partial charge in [0.2, 0.25) is 5.91 Å². The molecule has 1 saturated carbocycles. The molecule has 4 nitrogen and oxygen atoms in total. The van der Waals surface area contributed by atoms with E-state index in [0.29, 0.717) is 5.92 Å². The summed E-state index contributed by atoms with van der Waals surface area (Å²) in [6.07, 6.45) is 11.8. The quantitative estimate of drug-likeness (QED) is 0.787. The van der Waals surface area contributed by atoms with Crippen LogP contribution in [0, 0.1) is 5.92 Å². The standard InChI is InChI=1S/C14H23N3O/c18-14(12-13-6-2-1-3-7-13)15-8-4-10-17-11-5-9-16-17/h5,9,11,13H,1-4,6-8,10,12H2,(H,15,18). The predicted molar refractivity (Wildman–Crippen MR) is 71.0 cm³/mol. The van der Waals surface area contributed by atoms with Crippen LogP contribution in [0.5, 0.6) is 0 Å². The Hall–Kier alpha value is -1.32. The third-order valence-corrected chi connectivity index (χ3v) is 3.64. The molecule has 0 atom stereocenters. The lowest BCUT2D eigenvalue weighted by atomic mass is 9.87. The number of hydrogen-bond donors (Lipinski definition) is 1. The average molecular weight is 249 g/mol. The van der Waals surface area contributed by atoms with Gasteiger partial charge in [-0.15, -0.1) is 0 Å². The smallest absolute Gasteiger partial charge is 0.220 e. The molecule has 2 rings (SSSR count). The van der Waals surface area contributed by atoms with E-state index >= 15 is 0 Å². The van der Waals surface area contributed by atoms with Crippen molar-refractivity contribution in [3.63, 3.8) is 0 Å². The molecule has 100 valence electrons. The Bertz CT molecular complexity index is 342. The number of aromatic nitrogens is 2. The molecular weight excluding hydrogens is 226 g/mol. The van der Waals surface area contributed by atoms with Crippen molar-refractivity contribution in [2.45, 2.75) is 51.5 Å². The first-order valence-corrected chi connectivity index (χ1v) is 7.09. The van der Waals surface area contributed by atoms with Crippen molar-refractivity contribution in [2.24, 2.45) is 5.92 Å². The summed E-state index contributed by atoms with van der Waals surface area (Å²) in [5.41, 5.74) is 0. The highest BCUT2D eigenvalue weighted by Gasteiger charge is 2.16. The maximum atomic E-state index is 11.7. The number of nitrogens with zero attached hydrogens (tertiary/aromatic N) is 2. The third kappa shape index (κ3) is 4.51. The van der Waals surface area contributed by atoms with Crippen LogP contribution in [0.2, 0.25) is 0 Å². The highest BCUT2D eigenvalue weighted by atomic mass is 16.1. The van der Waals surface area contributed by atoms with Crippen LogP contribution in [0.4, 0.5) is 0 Å². The molecule has 1 aromatic rings. The summed E-state index contributed by atoms with van der Waals surface area (Å²) >= 11 is 0. The zero-order valence-corrected chi connectivity index (χ0v) is 11.0. The molecular formula is C14H23N3O. The molecule has 1 fully saturated rings. The fourth-order valence-corrected chi connectivity index (χ4v) is 2.63. The van der Waals surface area contributed by atoms with Gasteiger partial charge in [0.15, 0.2) is 0 Å². The van der Waals surface area contributed by atoms with Gasteiger partial charge in [0, 0.05) is 31.9 Å². The molecule has 0 bridgehead atoms. The monoisotopic (exact) mass is 249 g/mol. The van der Waals surface area contributed by atoms with E-state index in [9.17, 15) is 4.79 Å². The molecule has 0 radical (unpaired) electrons. The highest BCUT2D eigenvalue weighted by Crippen LogP contribution is 2.25. The van der Waals surface area contributed by atoms with E-state index in [2.05, 4.69) is 10.4 Å². The van der Waals surface area contributed by atoms with Gasteiger partial charge in [-0.25, -0.2) is 0 Å². The van der Waals surface area contributed by atoms with E-state index in [-0.39, 0.29) is 5.91 Å². The second-order valence-electron chi connectivity index (χ2n) is 5.18. The van der Waals surface area contributed by atoms with Crippen LogP contribution in [0.1, 0.15) is 44.9 Å². The molecule has 1 aromatic heterocycles. The zero-order valence-electron chi connectivity index (χ0n) is 11.0. The lowest BCUT2D eigenvalue weighted by Gasteiger charge is -2.20. The second-order valence-corrected chi connectivity index (χ2v) is 5.18. The Morgan fingerprint density at radius 2 is 2.17 bits per heavy atom. The molecule has 1 amide bonds. The van der Waals surface area contributed by atoms with Gasteiger partial charge in [0.05, 0.1) is 0 Å². The van der Waals surface area contributed by atoms with Gasteiger partial charge in [-0.1, -0.05) is 19.3 Å². The minimum absolute atomic E-state index is 0.224. The van der Waals surface area contributed by atoms with Gasteiger partial charge in [0.1, 0.15) is 0 Å². The van der Waals surface area contributed by atoms with Gasteiger partial charge in [-0.3, -0.25) is 9.48 Å². The van der Waals surface area contributed by atoms with Crippen LogP contribution >= 0.6 is 0 Å². The lowest BCUT2D eigenvalue weighted by molar-refractivity contribution is -0.122. The van der Waals surface area contributed by atoms with Gasteiger partial charge in [0.25, 0.3) is 0 Å². The van der Waals surface area contributed by atoms with E-state index in [1.54, 1.807) is 6.20 Å². The largest absolute Gasteiger partial charge is 0.356 e. The highest BCUT2D eigenvalue weighted by molar-refractivity contribution is 5.76. The molecule has 0 aromatic carbocycles. The number of amides is 1. The number of hydrogen-bond acceptors (Lipinski definition) is 2. The van der Waals surface area contributed by atoms with Crippen LogP contribution in [-0.4, -0.2) is 22.2 Å². The molecule has 1 N–H and O–H groups in total. The summed E-state index contributed by atoms with van der Waals surface area (Å²) in [4.78, 5) is 11.7. The van der Waals surface area contributed by atoms with Crippen LogP contribution in [0.15, 0.2) is 18.5 Å². The van der Waals surface area contributed by atoms with Crippen LogP contribution in [0.3, 0.4) is 0 Å². The van der Waals surface area contributed by atoms with Crippen molar-refractivity contribution in [3.8, 4) is 0 Å². The lowest BCUT2D eigenvalue weighted by Crippen LogP contribution is -2.27. The molecule has 0 spiro atoms. The summed E-state index contributed by atoms with van der Waals surface area (Å²) < 4.78 is 1.90. The summed E-state index contributed by atoms with van der Waals surface area (Å²) in [5, 5.41) is 7.14. The number of carbonyl (C=O) groups is 1. The van der Waals surface area contributed by atoms with Crippen LogP contribution < -0.4 is 5.32 Å². The minimum atomic E-state index is 0.224. The molecule has 18 heavy (non-hydrogen) atoms. The molecule has 1 heterocycles. The number of nitrogens with one attached hydrogen (secondary N) is 1. The Balaban J connectivity index is 1.54. The number of rotatable bonds is 6. The van der Waals surface area contributed by atoms with Crippen molar-refractivity contribution >= 4 is 5.91 Å². The first-order chi connectivity index (χ1) is 8.84. The second kappa shape index (κ2) is 7.19. The summed E-state index contributed by atoms with van der Waals surface area (Å²) in [5.74, 6) is 0.854. The average Bonchev–Trinajstić information content (AvgIpc) is 2.89. The van der Waals surface area contributed by atoms with Gasteiger partial charge >= 0.3 is 0 Å². The molecule has 1 aliphatic rings. The molecule has 0 unspecified atom stereocenters. The normalized spacial score (nSPS) is 16.7. The van der Waals surface area contributed by atoms with Gasteiger partial charge in [-0.05, 0) is 31.2 Å². The van der Waals surface area contributed by atoms with Gasteiger partial charge < -0.3 is 5.32 Å². The van der Waals surface area contributed by atoms with Crippen molar-refractivity contribution in [3.05, 3.63) is 18.5 Å². The van der Waals surface area contributed by atoms with Crippen molar-refractivity contribution in [1.82, 2.24) is 15.1 Å². The fraction of sp³-hybridized carbons (Fsp3) is 0.714. The fourth-order valence-electron chi connectivity index (χ4n) is 2.63. The van der Waals surface area contributed by atoms with E-state index in [0.717, 1.165) is 25.9 Å². The Morgan fingerprint density at radius 3 is 2.89 bits per heavy atom. The zero-order chi connectivity index (χ0) is 12.6. The summed E-state index contributed by atoms with van der Waals surface area (Å²) in [6.45, 7) is 1.63. The van der Waals surface area contributed by atoms with Gasteiger partial charge in [-0.2, -0.15) is 5.10 Å². The summed E-state index contributed by atoms with van der Waals surface area (Å²) in [7, 11) is 0. The van der Waals surface area contributed by atoms with E-state index in [1.807, 2.05) is 16.9 Å². The number of carbonyl (C=O) groups excluding carboxylic acids is 1. The SMILES string of the molecule is O=C(CC1CCCCC1)NCCCn1cccn1. The van der Waals surface area contributed by atoms with Crippen LogP contribution in [0.25, 0.3) is 0 Å². The predicted octanol–water partition coefficient (Wildman–Crippen LogP) is 2.36. The van der Waals surface area contributed by atoms with E-state index < -0.39 is 0 Å². The summed E-state index contributed by atoms with van der Waals surface area (Å²) in [6, 6.07) is 1.92. The maximum absolute atomic E-state index is 11.7. The van der Waals surface area contributed by atoms with E-state index in [1.165, 1.54) is 32.1 Å². The first kappa shape index (κ1) is 13.1. The van der Waals surface area contributed by atoms with Crippen LogP contribution in [-0.2, 0) is 11.3 Å². The molecule has 0 aliphatic heterocycles. The molecule has 4 heteroatoms.